The van der Waals surface area contributed by atoms with Gasteiger partial charge < -0.3 is 4.90 Å². The lowest BCUT2D eigenvalue weighted by atomic mass is 9.93. The highest BCUT2D eigenvalue weighted by atomic mass is 79.9. The molecule has 0 amide bonds. The van der Waals surface area contributed by atoms with E-state index in [4.69, 9.17) is 0 Å². The monoisotopic (exact) mass is 335 g/mol. The average Bonchev–Trinajstić information content (AvgIpc) is 2.85. The van der Waals surface area contributed by atoms with Gasteiger partial charge in [-0.15, -0.1) is 0 Å². The quantitative estimate of drug-likeness (QED) is 0.868. The van der Waals surface area contributed by atoms with Gasteiger partial charge in [-0.25, -0.2) is 0 Å². The zero-order valence-corrected chi connectivity index (χ0v) is 13.8. The highest BCUT2D eigenvalue weighted by Gasteiger charge is 2.39. The van der Waals surface area contributed by atoms with Crippen molar-refractivity contribution in [1.29, 1.82) is 5.26 Å². The normalized spacial score (nSPS) is 20.9. The number of likely N-dealkylation sites (N-methyl/N-ethyl adjacent to an activating group) is 1. The molecule has 1 N–H and O–H groups in total. The van der Waals surface area contributed by atoms with Crippen LogP contribution in [0.25, 0.3) is 0 Å². The molecule has 0 fully saturated rings. The van der Waals surface area contributed by atoms with Crippen LogP contribution in [0.3, 0.4) is 0 Å². The SMILES string of the molecule is CCN(CC)CCNC1(C#N)CCc2c(Br)cccc21. The maximum Gasteiger partial charge on any atom is 0.132 e. The molecule has 1 atom stereocenters. The second kappa shape index (κ2) is 6.71. The van der Waals surface area contributed by atoms with E-state index in [1.807, 2.05) is 6.07 Å². The first-order valence-electron chi connectivity index (χ1n) is 7.33. The zero-order chi connectivity index (χ0) is 14.6. The number of nitrogens with zero attached hydrogens (tertiary/aromatic N) is 2. The summed E-state index contributed by atoms with van der Waals surface area (Å²) in [6.07, 6.45) is 1.82. The van der Waals surface area contributed by atoms with E-state index in [0.29, 0.717) is 0 Å². The number of hydrogen-bond acceptors (Lipinski definition) is 3. The molecule has 0 bridgehead atoms. The first-order valence-corrected chi connectivity index (χ1v) is 8.12. The molecule has 1 aliphatic rings. The van der Waals surface area contributed by atoms with Crippen LogP contribution in [-0.2, 0) is 12.0 Å². The number of fused-ring (bicyclic) bond motifs is 1. The van der Waals surface area contributed by atoms with E-state index in [9.17, 15) is 5.26 Å². The molecule has 4 heteroatoms. The van der Waals surface area contributed by atoms with Crippen LogP contribution < -0.4 is 5.32 Å². The van der Waals surface area contributed by atoms with E-state index in [0.717, 1.165) is 49.1 Å². The molecule has 1 aromatic rings. The minimum atomic E-state index is -0.508. The summed E-state index contributed by atoms with van der Waals surface area (Å²) >= 11 is 3.60. The van der Waals surface area contributed by atoms with Crippen LogP contribution >= 0.6 is 15.9 Å². The Hall–Kier alpha value is -0.890. The van der Waals surface area contributed by atoms with Crippen molar-refractivity contribution in [2.45, 2.75) is 32.2 Å². The maximum absolute atomic E-state index is 9.69. The van der Waals surface area contributed by atoms with Crippen LogP contribution in [0.1, 0.15) is 31.4 Å². The number of hydrogen-bond donors (Lipinski definition) is 1. The third-order valence-corrected chi connectivity index (χ3v) is 5.01. The maximum atomic E-state index is 9.69. The van der Waals surface area contributed by atoms with Gasteiger partial charge in [0.1, 0.15) is 5.54 Å². The Balaban J connectivity index is 2.10. The molecule has 0 saturated heterocycles. The molecular weight excluding hydrogens is 314 g/mol. The Morgan fingerprint density at radius 2 is 2.15 bits per heavy atom. The molecule has 3 nitrogen and oxygen atoms in total. The first-order chi connectivity index (χ1) is 9.66. The lowest BCUT2D eigenvalue weighted by Gasteiger charge is -2.26. The van der Waals surface area contributed by atoms with Crippen molar-refractivity contribution in [3.05, 3.63) is 33.8 Å². The van der Waals surface area contributed by atoms with E-state index < -0.39 is 5.54 Å². The van der Waals surface area contributed by atoms with Crippen molar-refractivity contribution in [1.82, 2.24) is 10.2 Å². The molecule has 0 aliphatic heterocycles. The highest BCUT2D eigenvalue weighted by Crippen LogP contribution is 2.39. The summed E-state index contributed by atoms with van der Waals surface area (Å²) in [7, 11) is 0. The fraction of sp³-hybridized carbons (Fsp3) is 0.562. The van der Waals surface area contributed by atoms with Crippen LogP contribution in [0.2, 0.25) is 0 Å². The molecule has 0 radical (unpaired) electrons. The lowest BCUT2D eigenvalue weighted by molar-refractivity contribution is 0.286. The Labute approximate surface area is 130 Å². The van der Waals surface area contributed by atoms with Gasteiger partial charge in [0.15, 0.2) is 0 Å². The summed E-state index contributed by atoms with van der Waals surface area (Å²) in [6.45, 7) is 8.29. The molecule has 108 valence electrons. The van der Waals surface area contributed by atoms with Gasteiger partial charge in [-0.1, -0.05) is 41.9 Å². The molecular formula is C16H22BrN3. The number of benzene rings is 1. The highest BCUT2D eigenvalue weighted by molar-refractivity contribution is 9.10. The standard InChI is InChI=1S/C16H22BrN3/c1-3-20(4-2)11-10-19-16(12-18)9-8-13-14(16)6-5-7-15(13)17/h5-7,19H,3-4,8-11H2,1-2H3. The minimum absolute atomic E-state index is 0.508. The summed E-state index contributed by atoms with van der Waals surface area (Å²) in [5.74, 6) is 0. The van der Waals surface area contributed by atoms with Crippen LogP contribution in [0, 0.1) is 11.3 Å². The average molecular weight is 336 g/mol. The van der Waals surface area contributed by atoms with Crippen LogP contribution in [-0.4, -0.2) is 31.1 Å². The van der Waals surface area contributed by atoms with Gasteiger partial charge in [-0.3, -0.25) is 5.32 Å². The molecule has 1 aromatic carbocycles. The smallest absolute Gasteiger partial charge is 0.132 e. The van der Waals surface area contributed by atoms with Crippen LogP contribution in [0.15, 0.2) is 22.7 Å². The van der Waals surface area contributed by atoms with Crippen molar-refractivity contribution in [3.63, 3.8) is 0 Å². The van der Waals surface area contributed by atoms with Gasteiger partial charge in [0.2, 0.25) is 0 Å². The molecule has 2 rings (SSSR count). The Bertz CT molecular complexity index is 505. The molecule has 0 aromatic heterocycles. The Morgan fingerprint density at radius 1 is 1.40 bits per heavy atom. The predicted molar refractivity (Wildman–Crippen MR) is 85.5 cm³/mol. The molecule has 0 spiro atoms. The van der Waals surface area contributed by atoms with Gasteiger partial charge >= 0.3 is 0 Å². The van der Waals surface area contributed by atoms with E-state index in [-0.39, 0.29) is 0 Å². The predicted octanol–water partition coefficient (Wildman–Crippen LogP) is 3.05. The summed E-state index contributed by atoms with van der Waals surface area (Å²) in [4.78, 5) is 2.37. The van der Waals surface area contributed by atoms with Crippen molar-refractivity contribution in [3.8, 4) is 6.07 Å². The Kier molecular flexibility index (Phi) is 5.20. The fourth-order valence-electron chi connectivity index (χ4n) is 2.97. The molecule has 1 unspecified atom stereocenters. The second-order valence-corrected chi connectivity index (χ2v) is 6.09. The zero-order valence-electron chi connectivity index (χ0n) is 12.2. The van der Waals surface area contributed by atoms with E-state index in [2.05, 4.69) is 58.2 Å². The molecule has 1 aliphatic carbocycles. The largest absolute Gasteiger partial charge is 0.303 e. The number of halogens is 1. The molecule has 0 saturated carbocycles. The van der Waals surface area contributed by atoms with Crippen LogP contribution in [0.5, 0.6) is 0 Å². The number of nitriles is 1. The van der Waals surface area contributed by atoms with Gasteiger partial charge in [0.25, 0.3) is 0 Å². The fourth-order valence-corrected chi connectivity index (χ4v) is 3.53. The van der Waals surface area contributed by atoms with Crippen molar-refractivity contribution in [2.75, 3.05) is 26.2 Å². The third kappa shape index (κ3) is 2.90. The van der Waals surface area contributed by atoms with Gasteiger partial charge in [0, 0.05) is 17.6 Å². The molecule has 20 heavy (non-hydrogen) atoms. The third-order valence-electron chi connectivity index (χ3n) is 4.27. The van der Waals surface area contributed by atoms with E-state index >= 15 is 0 Å². The Morgan fingerprint density at radius 3 is 2.80 bits per heavy atom. The van der Waals surface area contributed by atoms with Crippen molar-refractivity contribution < 1.29 is 0 Å². The van der Waals surface area contributed by atoms with Crippen molar-refractivity contribution in [2.24, 2.45) is 0 Å². The number of nitrogens with one attached hydrogen (secondary N) is 1. The topological polar surface area (TPSA) is 39.1 Å². The summed E-state index contributed by atoms with van der Waals surface area (Å²) in [5.41, 5.74) is 1.92. The van der Waals surface area contributed by atoms with Gasteiger partial charge in [-0.05, 0) is 43.1 Å². The first kappa shape index (κ1) is 15.5. The summed E-state index contributed by atoms with van der Waals surface area (Å²) in [6, 6.07) is 8.68. The summed E-state index contributed by atoms with van der Waals surface area (Å²) < 4.78 is 1.12. The minimum Gasteiger partial charge on any atom is -0.303 e. The molecule has 0 heterocycles. The second-order valence-electron chi connectivity index (χ2n) is 5.24. The van der Waals surface area contributed by atoms with Crippen molar-refractivity contribution >= 4 is 15.9 Å². The van der Waals surface area contributed by atoms with E-state index in [1.54, 1.807) is 0 Å². The van der Waals surface area contributed by atoms with Gasteiger partial charge in [-0.2, -0.15) is 5.26 Å². The number of rotatable bonds is 6. The van der Waals surface area contributed by atoms with E-state index in [1.165, 1.54) is 5.56 Å². The summed E-state index contributed by atoms with van der Waals surface area (Å²) in [5, 5.41) is 13.2. The van der Waals surface area contributed by atoms with Gasteiger partial charge in [0.05, 0.1) is 6.07 Å². The van der Waals surface area contributed by atoms with Crippen LogP contribution in [0.4, 0.5) is 0 Å². The lowest BCUT2D eigenvalue weighted by Crippen LogP contribution is -2.43.